The Hall–Kier alpha value is -1.40. The average molecular weight is 377 g/mol. The number of benzene rings is 1. The van der Waals surface area contributed by atoms with E-state index in [1.807, 2.05) is 13.1 Å². The molecule has 26 heavy (non-hydrogen) atoms. The van der Waals surface area contributed by atoms with Crippen molar-refractivity contribution in [3.63, 3.8) is 0 Å². The highest BCUT2D eigenvalue weighted by Gasteiger charge is 2.26. The highest BCUT2D eigenvalue weighted by Crippen LogP contribution is 2.31. The number of nitrogens with one attached hydrogen (secondary N) is 2. The molecule has 2 atom stereocenters. The van der Waals surface area contributed by atoms with Crippen molar-refractivity contribution in [2.45, 2.75) is 37.0 Å². The van der Waals surface area contributed by atoms with Gasteiger partial charge in [0.2, 0.25) is 0 Å². The Balaban J connectivity index is 1.63. The van der Waals surface area contributed by atoms with Crippen molar-refractivity contribution in [2.75, 3.05) is 46.1 Å². The fourth-order valence-electron chi connectivity index (χ4n) is 3.86. The topological polar surface area (TPSA) is 48.9 Å². The number of rotatable bonds is 7. The van der Waals surface area contributed by atoms with Crippen molar-refractivity contribution in [1.29, 1.82) is 0 Å². The lowest BCUT2D eigenvalue weighted by Crippen LogP contribution is -2.44. The Morgan fingerprint density at radius 3 is 2.77 bits per heavy atom. The van der Waals surface area contributed by atoms with Crippen LogP contribution in [-0.4, -0.2) is 62.2 Å². The summed E-state index contributed by atoms with van der Waals surface area (Å²) in [5.41, 5.74) is 1.26. The lowest BCUT2D eigenvalue weighted by molar-refractivity contribution is 0.239. The highest BCUT2D eigenvalue weighted by molar-refractivity contribution is 8.00. The molecular formula is C20H32N4OS. The third kappa shape index (κ3) is 5.07. The highest BCUT2D eigenvalue weighted by atomic mass is 32.2. The second-order valence-corrected chi connectivity index (χ2v) is 8.38. The molecule has 2 N–H and O–H groups in total. The SMILES string of the molecule is CN=C(NCC1CCCS1)NCC(c1ccccc1OC)N1CCCC1. The van der Waals surface area contributed by atoms with Gasteiger partial charge in [-0.2, -0.15) is 11.8 Å². The molecule has 0 bridgehead atoms. The summed E-state index contributed by atoms with van der Waals surface area (Å²) in [4.78, 5) is 6.98. The number of ether oxygens (including phenoxy) is 1. The normalized spacial score (nSPS) is 22.4. The predicted octanol–water partition coefficient (Wildman–Crippen LogP) is 2.89. The number of hydrogen-bond acceptors (Lipinski definition) is 4. The van der Waals surface area contributed by atoms with Crippen molar-refractivity contribution in [3.05, 3.63) is 29.8 Å². The summed E-state index contributed by atoms with van der Waals surface area (Å²) < 4.78 is 5.63. The molecule has 2 fully saturated rings. The van der Waals surface area contributed by atoms with Crippen LogP contribution < -0.4 is 15.4 Å². The molecule has 0 amide bonds. The maximum absolute atomic E-state index is 5.63. The number of thioether (sulfide) groups is 1. The molecule has 2 aliphatic rings. The molecule has 5 nitrogen and oxygen atoms in total. The summed E-state index contributed by atoms with van der Waals surface area (Å²) in [5.74, 6) is 3.16. The van der Waals surface area contributed by atoms with Crippen LogP contribution in [0, 0.1) is 0 Å². The minimum absolute atomic E-state index is 0.299. The van der Waals surface area contributed by atoms with Gasteiger partial charge >= 0.3 is 0 Å². The number of likely N-dealkylation sites (tertiary alicyclic amines) is 1. The van der Waals surface area contributed by atoms with E-state index in [4.69, 9.17) is 4.74 Å². The zero-order valence-corrected chi connectivity index (χ0v) is 16.9. The van der Waals surface area contributed by atoms with Gasteiger partial charge in [0.1, 0.15) is 5.75 Å². The second kappa shape index (κ2) is 10.1. The third-order valence-electron chi connectivity index (χ3n) is 5.29. The monoisotopic (exact) mass is 376 g/mol. The summed E-state index contributed by atoms with van der Waals surface area (Å²) in [5, 5.41) is 7.78. The first-order valence-electron chi connectivity index (χ1n) is 9.75. The lowest BCUT2D eigenvalue weighted by atomic mass is 10.0. The number of hydrogen-bond donors (Lipinski definition) is 2. The van der Waals surface area contributed by atoms with Crippen LogP contribution >= 0.6 is 11.8 Å². The summed E-state index contributed by atoms with van der Waals surface area (Å²) in [6.07, 6.45) is 5.20. The fourth-order valence-corrected chi connectivity index (χ4v) is 5.06. The van der Waals surface area contributed by atoms with Crippen LogP contribution in [0.5, 0.6) is 5.75 Å². The molecule has 0 radical (unpaired) electrons. The van der Waals surface area contributed by atoms with Gasteiger partial charge in [-0.3, -0.25) is 9.89 Å². The van der Waals surface area contributed by atoms with Gasteiger partial charge in [-0.1, -0.05) is 18.2 Å². The Bertz CT molecular complexity index is 583. The molecule has 2 saturated heterocycles. The van der Waals surface area contributed by atoms with Gasteiger partial charge < -0.3 is 15.4 Å². The van der Waals surface area contributed by atoms with E-state index in [2.05, 4.69) is 50.5 Å². The standard InChI is InChI=1S/C20H32N4OS/c1-21-20(22-14-16-8-7-13-26-16)23-15-18(24-11-5-6-12-24)17-9-3-4-10-19(17)25-2/h3-4,9-10,16,18H,5-8,11-15H2,1-2H3,(H2,21,22,23). The zero-order chi connectivity index (χ0) is 18.2. The van der Waals surface area contributed by atoms with Crippen molar-refractivity contribution >= 4 is 17.7 Å². The third-order valence-corrected chi connectivity index (χ3v) is 6.69. The van der Waals surface area contributed by atoms with Gasteiger partial charge in [-0.15, -0.1) is 0 Å². The number of guanidine groups is 1. The maximum Gasteiger partial charge on any atom is 0.191 e. The Morgan fingerprint density at radius 1 is 1.27 bits per heavy atom. The van der Waals surface area contributed by atoms with Gasteiger partial charge in [0.15, 0.2) is 5.96 Å². The summed E-state index contributed by atoms with van der Waals surface area (Å²) in [6.45, 7) is 4.12. The van der Waals surface area contributed by atoms with Crippen LogP contribution in [0.1, 0.15) is 37.3 Å². The first-order chi connectivity index (χ1) is 12.8. The molecule has 144 valence electrons. The summed E-state index contributed by atoms with van der Waals surface area (Å²) in [6, 6.07) is 8.69. The Kier molecular flexibility index (Phi) is 7.50. The molecule has 0 spiro atoms. The number of methoxy groups -OCH3 is 1. The molecule has 2 heterocycles. The van der Waals surface area contributed by atoms with E-state index in [-0.39, 0.29) is 0 Å². The molecule has 2 aliphatic heterocycles. The molecule has 1 aromatic carbocycles. The predicted molar refractivity (Wildman–Crippen MR) is 111 cm³/mol. The van der Waals surface area contributed by atoms with Crippen LogP contribution in [0.4, 0.5) is 0 Å². The van der Waals surface area contributed by atoms with Crippen LogP contribution in [0.3, 0.4) is 0 Å². The maximum atomic E-state index is 5.63. The van der Waals surface area contributed by atoms with Crippen molar-refractivity contribution < 1.29 is 4.74 Å². The minimum Gasteiger partial charge on any atom is -0.496 e. The van der Waals surface area contributed by atoms with E-state index in [0.717, 1.165) is 43.1 Å². The van der Waals surface area contributed by atoms with Gasteiger partial charge in [-0.05, 0) is 50.6 Å². The van der Waals surface area contributed by atoms with Crippen molar-refractivity contribution in [2.24, 2.45) is 4.99 Å². The molecule has 6 heteroatoms. The van der Waals surface area contributed by atoms with Crippen molar-refractivity contribution in [1.82, 2.24) is 15.5 Å². The number of aliphatic imine (C=N–C) groups is 1. The van der Waals surface area contributed by atoms with E-state index in [1.165, 1.54) is 37.0 Å². The fraction of sp³-hybridized carbons (Fsp3) is 0.650. The van der Waals surface area contributed by atoms with Gasteiger partial charge in [0, 0.05) is 31.0 Å². The average Bonchev–Trinajstić information content (AvgIpc) is 3.39. The van der Waals surface area contributed by atoms with Gasteiger partial charge in [0.25, 0.3) is 0 Å². The molecular weight excluding hydrogens is 344 g/mol. The smallest absolute Gasteiger partial charge is 0.191 e. The van der Waals surface area contributed by atoms with E-state index >= 15 is 0 Å². The molecule has 0 saturated carbocycles. The summed E-state index contributed by atoms with van der Waals surface area (Å²) in [7, 11) is 3.61. The first-order valence-corrected chi connectivity index (χ1v) is 10.8. The molecule has 2 unspecified atom stereocenters. The van der Waals surface area contributed by atoms with Gasteiger partial charge in [0.05, 0.1) is 13.2 Å². The molecule has 0 aliphatic carbocycles. The van der Waals surface area contributed by atoms with Crippen molar-refractivity contribution in [3.8, 4) is 5.75 Å². The zero-order valence-electron chi connectivity index (χ0n) is 16.0. The van der Waals surface area contributed by atoms with Crippen LogP contribution in [0.15, 0.2) is 29.3 Å². The van der Waals surface area contributed by atoms with Crippen LogP contribution in [0.25, 0.3) is 0 Å². The molecule has 3 rings (SSSR count). The number of para-hydroxylation sites is 1. The van der Waals surface area contributed by atoms with Crippen LogP contribution in [-0.2, 0) is 0 Å². The Morgan fingerprint density at radius 2 is 2.08 bits per heavy atom. The first kappa shape index (κ1) is 19.4. The lowest BCUT2D eigenvalue weighted by Gasteiger charge is -2.30. The van der Waals surface area contributed by atoms with Crippen LogP contribution in [0.2, 0.25) is 0 Å². The van der Waals surface area contributed by atoms with E-state index in [9.17, 15) is 0 Å². The van der Waals surface area contributed by atoms with E-state index in [0.29, 0.717) is 6.04 Å². The molecule has 1 aromatic rings. The second-order valence-electron chi connectivity index (χ2n) is 6.97. The largest absolute Gasteiger partial charge is 0.496 e. The summed E-state index contributed by atoms with van der Waals surface area (Å²) >= 11 is 2.07. The Labute approximate surface area is 162 Å². The van der Waals surface area contributed by atoms with Gasteiger partial charge in [-0.25, -0.2) is 0 Å². The number of nitrogens with zero attached hydrogens (tertiary/aromatic N) is 2. The minimum atomic E-state index is 0.299. The molecule has 0 aromatic heterocycles. The van der Waals surface area contributed by atoms with E-state index in [1.54, 1.807) is 7.11 Å². The quantitative estimate of drug-likeness (QED) is 0.566. The van der Waals surface area contributed by atoms with E-state index < -0.39 is 0 Å².